The fourth-order valence-corrected chi connectivity index (χ4v) is 3.43. The van der Waals surface area contributed by atoms with E-state index in [1.807, 2.05) is 12.1 Å². The molecule has 2 N–H and O–H groups in total. The Kier molecular flexibility index (Phi) is 5.89. The summed E-state index contributed by atoms with van der Waals surface area (Å²) in [6.07, 6.45) is 2.86. The van der Waals surface area contributed by atoms with Crippen LogP contribution in [0.1, 0.15) is 31.2 Å². The number of aryl methyl sites for hydroxylation is 1. The second-order valence-electron chi connectivity index (χ2n) is 7.01. The van der Waals surface area contributed by atoms with Gasteiger partial charge in [0.25, 0.3) is 0 Å². The number of carbonyl (C=O) groups excluding carboxylic acids is 1. The molecule has 0 spiro atoms. The van der Waals surface area contributed by atoms with E-state index in [0.717, 1.165) is 12.8 Å². The molecule has 3 rings (SSSR count). The maximum absolute atomic E-state index is 12.1. The van der Waals surface area contributed by atoms with Gasteiger partial charge >= 0.3 is 5.97 Å². The first kappa shape index (κ1) is 18.4. The molecule has 0 unspecified atom stereocenters. The largest absolute Gasteiger partial charge is 0.481 e. The first-order valence-corrected chi connectivity index (χ1v) is 9.15. The van der Waals surface area contributed by atoms with Gasteiger partial charge in [0, 0.05) is 26.2 Å². The quantitative estimate of drug-likeness (QED) is 0.800. The number of aliphatic carboxylic acids is 1. The molecule has 5 nitrogen and oxygen atoms in total. The molecule has 5 heteroatoms. The lowest BCUT2D eigenvalue weighted by atomic mass is 9.80. The summed E-state index contributed by atoms with van der Waals surface area (Å²) in [7, 11) is 0. The van der Waals surface area contributed by atoms with E-state index in [1.54, 1.807) is 0 Å². The summed E-state index contributed by atoms with van der Waals surface area (Å²) >= 11 is 0. The van der Waals surface area contributed by atoms with E-state index >= 15 is 0 Å². The third kappa shape index (κ3) is 4.41. The molecule has 0 atom stereocenters. The average Bonchev–Trinajstić information content (AvgIpc) is 2.67. The minimum atomic E-state index is -0.883. The Morgan fingerprint density at radius 2 is 1.81 bits per heavy atom. The van der Waals surface area contributed by atoms with Gasteiger partial charge in [0.1, 0.15) is 0 Å². The molecule has 2 aromatic carbocycles. The Labute approximate surface area is 153 Å². The van der Waals surface area contributed by atoms with Crippen molar-refractivity contribution in [2.75, 3.05) is 19.8 Å². The molecule has 0 bridgehead atoms. The van der Waals surface area contributed by atoms with Crippen LogP contribution < -0.4 is 5.32 Å². The summed E-state index contributed by atoms with van der Waals surface area (Å²) in [5.74, 6) is -0.935. The molecular formula is C21H25NO4. The monoisotopic (exact) mass is 355 g/mol. The Morgan fingerprint density at radius 3 is 2.54 bits per heavy atom. The molecule has 2 aromatic rings. The first-order valence-electron chi connectivity index (χ1n) is 9.15. The SMILES string of the molecule is O=C(CCCc1ccc2ccccc2c1)NCC1(C(=O)O)CCOCC1. The maximum Gasteiger partial charge on any atom is 0.311 e. The smallest absolute Gasteiger partial charge is 0.311 e. The zero-order chi connectivity index (χ0) is 18.4. The fraction of sp³-hybridized carbons (Fsp3) is 0.429. The van der Waals surface area contributed by atoms with Crippen molar-refractivity contribution in [1.82, 2.24) is 5.32 Å². The van der Waals surface area contributed by atoms with Crippen LogP contribution in [0.3, 0.4) is 0 Å². The lowest BCUT2D eigenvalue weighted by Crippen LogP contribution is -2.46. The number of rotatable bonds is 7. The zero-order valence-electron chi connectivity index (χ0n) is 14.9. The molecule has 138 valence electrons. The van der Waals surface area contributed by atoms with Crippen LogP contribution in [-0.2, 0) is 20.7 Å². The fourth-order valence-electron chi connectivity index (χ4n) is 3.43. The van der Waals surface area contributed by atoms with Crippen molar-refractivity contribution in [3.05, 3.63) is 48.0 Å². The summed E-state index contributed by atoms with van der Waals surface area (Å²) in [5.41, 5.74) is 0.328. The minimum absolute atomic E-state index is 0.0853. The number of nitrogens with one attached hydrogen (secondary N) is 1. The molecule has 26 heavy (non-hydrogen) atoms. The van der Waals surface area contributed by atoms with Gasteiger partial charge in [-0.05, 0) is 42.0 Å². The number of hydrogen-bond acceptors (Lipinski definition) is 3. The summed E-state index contributed by atoms with van der Waals surface area (Å²) in [5, 5.41) is 14.7. The molecule has 1 aliphatic rings. The zero-order valence-corrected chi connectivity index (χ0v) is 14.9. The summed E-state index contributed by atoms with van der Waals surface area (Å²) in [6.45, 7) is 1.05. The van der Waals surface area contributed by atoms with E-state index in [0.29, 0.717) is 32.5 Å². The third-order valence-electron chi connectivity index (χ3n) is 5.21. The van der Waals surface area contributed by atoms with E-state index in [9.17, 15) is 14.7 Å². The Bertz CT molecular complexity index is 780. The predicted octanol–water partition coefficient (Wildman–Crippen LogP) is 3.16. The van der Waals surface area contributed by atoms with E-state index in [-0.39, 0.29) is 12.5 Å². The minimum Gasteiger partial charge on any atom is -0.481 e. The van der Waals surface area contributed by atoms with Crippen LogP contribution in [0.5, 0.6) is 0 Å². The van der Waals surface area contributed by atoms with Crippen molar-refractivity contribution in [2.45, 2.75) is 32.1 Å². The van der Waals surface area contributed by atoms with Gasteiger partial charge in [0.15, 0.2) is 0 Å². The van der Waals surface area contributed by atoms with Crippen molar-refractivity contribution in [3.8, 4) is 0 Å². The highest BCUT2D eigenvalue weighted by molar-refractivity contribution is 5.83. The number of amides is 1. The van der Waals surface area contributed by atoms with Gasteiger partial charge in [-0.3, -0.25) is 9.59 Å². The summed E-state index contributed by atoms with van der Waals surface area (Å²) in [6, 6.07) is 14.6. The molecule has 0 radical (unpaired) electrons. The van der Waals surface area contributed by atoms with Gasteiger partial charge in [-0.2, -0.15) is 0 Å². The van der Waals surface area contributed by atoms with Crippen LogP contribution in [0.4, 0.5) is 0 Å². The number of carbonyl (C=O) groups is 2. The van der Waals surface area contributed by atoms with Gasteiger partial charge < -0.3 is 15.2 Å². The lowest BCUT2D eigenvalue weighted by Gasteiger charge is -2.33. The van der Waals surface area contributed by atoms with Crippen LogP contribution in [0.15, 0.2) is 42.5 Å². The number of carboxylic acids is 1. The molecule has 1 fully saturated rings. The van der Waals surface area contributed by atoms with Crippen molar-refractivity contribution in [1.29, 1.82) is 0 Å². The normalized spacial score (nSPS) is 16.3. The predicted molar refractivity (Wildman–Crippen MR) is 100 cm³/mol. The number of hydrogen-bond donors (Lipinski definition) is 2. The molecular weight excluding hydrogens is 330 g/mol. The van der Waals surface area contributed by atoms with E-state index in [2.05, 4.69) is 35.6 Å². The number of carboxylic acid groups (broad SMARTS) is 1. The number of fused-ring (bicyclic) bond motifs is 1. The second kappa shape index (κ2) is 8.32. The first-order chi connectivity index (χ1) is 12.6. The van der Waals surface area contributed by atoms with Gasteiger partial charge in [-0.1, -0.05) is 42.5 Å². The average molecular weight is 355 g/mol. The van der Waals surface area contributed by atoms with E-state index in [1.165, 1.54) is 16.3 Å². The molecule has 0 aliphatic carbocycles. The Balaban J connectivity index is 1.46. The molecule has 1 heterocycles. The van der Waals surface area contributed by atoms with Crippen LogP contribution >= 0.6 is 0 Å². The second-order valence-corrected chi connectivity index (χ2v) is 7.01. The maximum atomic E-state index is 12.1. The van der Waals surface area contributed by atoms with E-state index in [4.69, 9.17) is 4.74 Å². The molecule has 1 aliphatic heterocycles. The highest BCUT2D eigenvalue weighted by Crippen LogP contribution is 2.30. The van der Waals surface area contributed by atoms with Gasteiger partial charge in [0.2, 0.25) is 5.91 Å². The van der Waals surface area contributed by atoms with Crippen LogP contribution in [-0.4, -0.2) is 36.7 Å². The molecule has 0 aromatic heterocycles. The number of benzene rings is 2. The van der Waals surface area contributed by atoms with Crippen LogP contribution in [0.2, 0.25) is 0 Å². The third-order valence-corrected chi connectivity index (χ3v) is 5.21. The molecule has 0 saturated carbocycles. The van der Waals surface area contributed by atoms with Crippen molar-refractivity contribution < 1.29 is 19.4 Å². The van der Waals surface area contributed by atoms with Crippen LogP contribution in [0, 0.1) is 5.41 Å². The van der Waals surface area contributed by atoms with Gasteiger partial charge in [0.05, 0.1) is 5.41 Å². The van der Waals surface area contributed by atoms with E-state index < -0.39 is 11.4 Å². The van der Waals surface area contributed by atoms with Gasteiger partial charge in [-0.15, -0.1) is 0 Å². The standard InChI is InChI=1S/C21H25NO4/c23-19(22-15-21(20(24)25)10-12-26-13-11-21)7-3-4-16-8-9-17-5-1-2-6-18(17)14-16/h1-2,5-6,8-9,14H,3-4,7,10-13,15H2,(H,22,23)(H,24,25). The molecule has 1 saturated heterocycles. The van der Waals surface area contributed by atoms with Crippen LogP contribution in [0.25, 0.3) is 10.8 Å². The highest BCUT2D eigenvalue weighted by atomic mass is 16.5. The van der Waals surface area contributed by atoms with Crippen molar-refractivity contribution >= 4 is 22.6 Å². The van der Waals surface area contributed by atoms with Crippen molar-refractivity contribution in [3.63, 3.8) is 0 Å². The Morgan fingerprint density at radius 1 is 1.08 bits per heavy atom. The number of ether oxygens (including phenoxy) is 1. The highest BCUT2D eigenvalue weighted by Gasteiger charge is 2.40. The van der Waals surface area contributed by atoms with Gasteiger partial charge in [-0.25, -0.2) is 0 Å². The van der Waals surface area contributed by atoms with Crippen molar-refractivity contribution in [2.24, 2.45) is 5.41 Å². The summed E-state index contributed by atoms with van der Waals surface area (Å²) in [4.78, 5) is 23.7. The molecule has 1 amide bonds. The Hall–Kier alpha value is -2.40. The topological polar surface area (TPSA) is 75.6 Å². The lowest BCUT2D eigenvalue weighted by molar-refractivity contribution is -0.154. The summed E-state index contributed by atoms with van der Waals surface area (Å²) < 4.78 is 5.25.